The van der Waals surface area contributed by atoms with Gasteiger partial charge in [-0.1, -0.05) is 6.42 Å². The summed E-state index contributed by atoms with van der Waals surface area (Å²) in [7, 11) is 0. The van der Waals surface area contributed by atoms with Crippen molar-refractivity contribution in [1.82, 2.24) is 5.32 Å². The summed E-state index contributed by atoms with van der Waals surface area (Å²) in [5.41, 5.74) is -0.939. The predicted octanol–water partition coefficient (Wildman–Crippen LogP) is 2.24. The molecule has 0 radical (unpaired) electrons. The summed E-state index contributed by atoms with van der Waals surface area (Å²) < 4.78 is 43.4. The molecular weight excluding hydrogens is 259 g/mol. The van der Waals surface area contributed by atoms with Gasteiger partial charge in [0.15, 0.2) is 0 Å². The Hall–Kier alpha value is -0.330. The van der Waals surface area contributed by atoms with Gasteiger partial charge in [0.05, 0.1) is 12.0 Å². The predicted molar refractivity (Wildman–Crippen MR) is 64.8 cm³/mol. The van der Waals surface area contributed by atoms with E-state index in [9.17, 15) is 18.3 Å². The molecule has 1 saturated heterocycles. The molecule has 1 heterocycles. The minimum Gasteiger partial charge on any atom is -0.386 e. The van der Waals surface area contributed by atoms with E-state index in [1.165, 1.54) is 0 Å². The van der Waals surface area contributed by atoms with Gasteiger partial charge >= 0.3 is 6.18 Å². The number of hydrogen-bond acceptors (Lipinski definition) is 3. The van der Waals surface area contributed by atoms with Gasteiger partial charge in [-0.3, -0.25) is 0 Å². The third kappa shape index (κ3) is 3.61. The van der Waals surface area contributed by atoms with Crippen molar-refractivity contribution < 1.29 is 23.0 Å². The van der Waals surface area contributed by atoms with Crippen molar-refractivity contribution in [1.29, 1.82) is 0 Å². The number of hydrogen-bond donors (Lipinski definition) is 2. The van der Waals surface area contributed by atoms with Crippen molar-refractivity contribution >= 4 is 0 Å². The molecule has 2 rings (SSSR count). The highest BCUT2D eigenvalue weighted by Crippen LogP contribution is 2.37. The second-order valence-corrected chi connectivity index (χ2v) is 5.85. The Bertz CT molecular complexity index is 311. The smallest absolute Gasteiger partial charge is 0.386 e. The second-order valence-electron chi connectivity index (χ2n) is 5.85. The lowest BCUT2D eigenvalue weighted by Gasteiger charge is -2.34. The first kappa shape index (κ1) is 15.1. The first-order chi connectivity index (χ1) is 8.81. The van der Waals surface area contributed by atoms with Gasteiger partial charge in [0, 0.05) is 25.6 Å². The van der Waals surface area contributed by atoms with E-state index >= 15 is 0 Å². The van der Waals surface area contributed by atoms with Gasteiger partial charge in [-0.05, 0) is 26.2 Å². The standard InChI is InChI=1S/C13H22F3NO2/c1-9-12(18,5-6-19-9)8-17-11-4-2-3-10(7-11)13(14,15)16/h9-11,17-18H,2-8H2,1H3. The van der Waals surface area contributed by atoms with Crippen LogP contribution in [0.4, 0.5) is 13.2 Å². The van der Waals surface area contributed by atoms with Gasteiger partial charge in [0.25, 0.3) is 0 Å². The molecule has 1 aliphatic heterocycles. The highest BCUT2D eigenvalue weighted by molar-refractivity contribution is 4.93. The van der Waals surface area contributed by atoms with E-state index in [0.717, 1.165) is 6.42 Å². The summed E-state index contributed by atoms with van der Waals surface area (Å²) in [5, 5.41) is 13.4. The average Bonchev–Trinajstić information content (AvgIpc) is 2.67. The van der Waals surface area contributed by atoms with Gasteiger partial charge in [-0.25, -0.2) is 0 Å². The first-order valence-corrected chi connectivity index (χ1v) is 6.95. The number of nitrogens with one attached hydrogen (secondary N) is 1. The van der Waals surface area contributed by atoms with E-state index < -0.39 is 17.7 Å². The third-order valence-electron chi connectivity index (χ3n) is 4.49. The lowest BCUT2D eigenvalue weighted by Crippen LogP contribution is -2.50. The highest BCUT2D eigenvalue weighted by Gasteiger charge is 2.43. The topological polar surface area (TPSA) is 41.5 Å². The minimum atomic E-state index is -4.10. The molecule has 0 aromatic rings. The molecule has 19 heavy (non-hydrogen) atoms. The van der Waals surface area contributed by atoms with Crippen LogP contribution in [0.15, 0.2) is 0 Å². The fourth-order valence-corrected chi connectivity index (χ4v) is 3.00. The quantitative estimate of drug-likeness (QED) is 0.833. The van der Waals surface area contributed by atoms with E-state index in [4.69, 9.17) is 4.74 Å². The lowest BCUT2D eigenvalue weighted by atomic mass is 9.84. The van der Waals surface area contributed by atoms with E-state index in [1.807, 2.05) is 0 Å². The molecule has 1 aliphatic carbocycles. The Labute approximate surface area is 111 Å². The van der Waals surface area contributed by atoms with Crippen LogP contribution in [0.3, 0.4) is 0 Å². The number of alkyl halides is 3. The largest absolute Gasteiger partial charge is 0.391 e. The molecule has 2 fully saturated rings. The molecule has 2 aliphatic rings. The van der Waals surface area contributed by atoms with Crippen LogP contribution in [0.1, 0.15) is 39.0 Å². The zero-order chi connectivity index (χ0) is 14.1. The van der Waals surface area contributed by atoms with Crippen LogP contribution in [-0.2, 0) is 4.74 Å². The van der Waals surface area contributed by atoms with Crippen LogP contribution in [0.25, 0.3) is 0 Å². The lowest BCUT2D eigenvalue weighted by molar-refractivity contribution is -0.184. The summed E-state index contributed by atoms with van der Waals surface area (Å²) in [4.78, 5) is 0. The fourth-order valence-electron chi connectivity index (χ4n) is 3.00. The van der Waals surface area contributed by atoms with Crippen molar-refractivity contribution in [2.75, 3.05) is 13.2 Å². The molecule has 0 amide bonds. The van der Waals surface area contributed by atoms with Crippen LogP contribution >= 0.6 is 0 Å². The average molecular weight is 281 g/mol. The third-order valence-corrected chi connectivity index (χ3v) is 4.49. The fraction of sp³-hybridized carbons (Fsp3) is 1.00. The maximum atomic E-state index is 12.7. The molecule has 0 bridgehead atoms. The van der Waals surface area contributed by atoms with Gasteiger partial charge in [0.2, 0.25) is 0 Å². The maximum Gasteiger partial charge on any atom is 0.391 e. The summed E-state index contributed by atoms with van der Waals surface area (Å²) in [6.45, 7) is 2.62. The first-order valence-electron chi connectivity index (χ1n) is 6.95. The van der Waals surface area contributed by atoms with Crippen LogP contribution < -0.4 is 5.32 Å². The van der Waals surface area contributed by atoms with E-state index in [1.54, 1.807) is 6.92 Å². The van der Waals surface area contributed by atoms with Crippen molar-refractivity contribution in [2.24, 2.45) is 5.92 Å². The highest BCUT2D eigenvalue weighted by atomic mass is 19.4. The Morgan fingerprint density at radius 3 is 2.68 bits per heavy atom. The maximum absolute atomic E-state index is 12.7. The summed E-state index contributed by atoms with van der Waals surface area (Å²) in [5.74, 6) is -1.20. The van der Waals surface area contributed by atoms with Crippen molar-refractivity contribution in [3.05, 3.63) is 0 Å². The summed E-state index contributed by atoms with van der Waals surface area (Å²) in [6.07, 6.45) is -2.13. The molecular formula is C13H22F3NO2. The Morgan fingerprint density at radius 1 is 1.37 bits per heavy atom. The van der Waals surface area contributed by atoms with Crippen LogP contribution in [-0.4, -0.2) is 42.2 Å². The molecule has 2 N–H and O–H groups in total. The van der Waals surface area contributed by atoms with E-state index in [2.05, 4.69) is 5.32 Å². The molecule has 3 nitrogen and oxygen atoms in total. The normalized spacial score (nSPS) is 40.6. The molecule has 112 valence electrons. The molecule has 0 aromatic heterocycles. The minimum absolute atomic E-state index is 0.120. The molecule has 0 aromatic carbocycles. The molecule has 4 atom stereocenters. The van der Waals surface area contributed by atoms with E-state index in [0.29, 0.717) is 26.0 Å². The summed E-state index contributed by atoms with van der Waals surface area (Å²) >= 11 is 0. The van der Waals surface area contributed by atoms with Crippen molar-refractivity contribution in [3.8, 4) is 0 Å². The monoisotopic (exact) mass is 281 g/mol. The zero-order valence-corrected chi connectivity index (χ0v) is 11.2. The van der Waals surface area contributed by atoms with Crippen LogP contribution in [0, 0.1) is 5.92 Å². The number of rotatable bonds is 3. The van der Waals surface area contributed by atoms with E-state index in [-0.39, 0.29) is 25.0 Å². The SMILES string of the molecule is CC1OCCC1(O)CNC1CCCC(C(F)(F)F)C1. The van der Waals surface area contributed by atoms with Crippen molar-refractivity contribution in [2.45, 2.75) is 63.0 Å². The Balaban J connectivity index is 1.83. The molecule has 0 spiro atoms. The Kier molecular flexibility index (Phi) is 4.42. The second kappa shape index (κ2) is 5.58. The number of ether oxygens (including phenoxy) is 1. The van der Waals surface area contributed by atoms with Gasteiger partial charge in [-0.2, -0.15) is 13.2 Å². The molecule has 6 heteroatoms. The molecule has 1 saturated carbocycles. The van der Waals surface area contributed by atoms with Crippen LogP contribution in [0.2, 0.25) is 0 Å². The molecule has 4 unspecified atom stereocenters. The number of halogens is 3. The van der Waals surface area contributed by atoms with Crippen LogP contribution in [0.5, 0.6) is 0 Å². The van der Waals surface area contributed by atoms with Gasteiger partial charge in [-0.15, -0.1) is 0 Å². The zero-order valence-electron chi connectivity index (χ0n) is 11.2. The Morgan fingerprint density at radius 2 is 2.11 bits per heavy atom. The summed E-state index contributed by atoms with van der Waals surface area (Å²) in [6, 6.07) is -0.155. The number of aliphatic hydroxyl groups is 1. The van der Waals surface area contributed by atoms with Crippen molar-refractivity contribution in [3.63, 3.8) is 0 Å². The van der Waals surface area contributed by atoms with Gasteiger partial charge < -0.3 is 15.2 Å². The van der Waals surface area contributed by atoms with Gasteiger partial charge in [0.1, 0.15) is 5.60 Å².